The maximum absolute atomic E-state index is 12.9. The number of aryl methyl sites for hydroxylation is 2. The first-order chi connectivity index (χ1) is 15.5. The van der Waals surface area contributed by atoms with Gasteiger partial charge in [-0.05, 0) is 79.9 Å². The Morgan fingerprint density at radius 2 is 1.62 bits per heavy atom. The molecular weight excluding hydrogens is 404 g/mol. The van der Waals surface area contributed by atoms with Gasteiger partial charge in [0.2, 0.25) is 0 Å². The minimum atomic E-state index is -0.101. The molecule has 1 aromatic heterocycles. The van der Waals surface area contributed by atoms with Gasteiger partial charge in [-0.1, -0.05) is 6.07 Å². The molecule has 0 fully saturated rings. The van der Waals surface area contributed by atoms with E-state index in [1.54, 1.807) is 42.5 Å². The second-order valence-corrected chi connectivity index (χ2v) is 7.64. The molecule has 0 unspecified atom stereocenters. The van der Waals surface area contributed by atoms with E-state index in [-0.39, 0.29) is 5.91 Å². The smallest absolute Gasteiger partial charge is 0.253 e. The quantitative estimate of drug-likeness (QED) is 0.458. The van der Waals surface area contributed by atoms with Gasteiger partial charge in [0.05, 0.1) is 13.2 Å². The number of carbonyl (C=O) groups is 1. The largest absolute Gasteiger partial charge is 0.492 e. The molecule has 0 radical (unpaired) electrons. The van der Waals surface area contributed by atoms with E-state index < -0.39 is 0 Å². The van der Waals surface area contributed by atoms with Gasteiger partial charge >= 0.3 is 0 Å². The van der Waals surface area contributed by atoms with Crippen molar-refractivity contribution in [2.75, 3.05) is 26.8 Å². The lowest BCUT2D eigenvalue weighted by atomic mass is 10.1. The second-order valence-electron chi connectivity index (χ2n) is 7.64. The lowest BCUT2D eigenvalue weighted by Crippen LogP contribution is -2.30. The third kappa shape index (κ3) is 6.48. The molecule has 2 aromatic carbocycles. The molecule has 32 heavy (non-hydrogen) atoms. The molecule has 168 valence electrons. The zero-order valence-electron chi connectivity index (χ0n) is 19.1. The highest BCUT2D eigenvalue weighted by molar-refractivity contribution is 5.94. The van der Waals surface area contributed by atoms with Crippen LogP contribution in [0, 0.1) is 13.8 Å². The van der Waals surface area contributed by atoms with Crippen molar-refractivity contribution >= 4 is 5.91 Å². The first-order valence-electron chi connectivity index (χ1n) is 10.7. The van der Waals surface area contributed by atoms with Crippen LogP contribution in [0.15, 0.2) is 60.9 Å². The number of likely N-dealkylation sites (N-methyl/N-ethyl adjacent to an activating group) is 1. The molecule has 6 nitrogen and oxygen atoms in total. The van der Waals surface area contributed by atoms with Crippen molar-refractivity contribution in [3.63, 3.8) is 0 Å². The third-order valence-corrected chi connectivity index (χ3v) is 4.87. The number of ether oxygens (including phenoxy) is 3. The summed E-state index contributed by atoms with van der Waals surface area (Å²) in [4.78, 5) is 18.6. The molecule has 0 N–H and O–H groups in total. The molecule has 0 saturated carbocycles. The van der Waals surface area contributed by atoms with Gasteiger partial charge in [-0.25, -0.2) is 0 Å². The van der Waals surface area contributed by atoms with Gasteiger partial charge in [0.1, 0.15) is 19.0 Å². The Bertz CT molecular complexity index is 1020. The van der Waals surface area contributed by atoms with Crippen molar-refractivity contribution in [3.05, 3.63) is 83.2 Å². The van der Waals surface area contributed by atoms with Crippen LogP contribution in [0.3, 0.4) is 0 Å². The highest BCUT2D eigenvalue weighted by Crippen LogP contribution is 2.29. The van der Waals surface area contributed by atoms with E-state index in [0.717, 1.165) is 22.4 Å². The van der Waals surface area contributed by atoms with Gasteiger partial charge in [0.25, 0.3) is 5.91 Å². The molecule has 0 spiro atoms. The Morgan fingerprint density at radius 1 is 0.906 bits per heavy atom. The van der Waals surface area contributed by atoms with Gasteiger partial charge in [-0.2, -0.15) is 0 Å². The summed E-state index contributed by atoms with van der Waals surface area (Å²) < 4.78 is 17.5. The Labute approximate surface area is 189 Å². The normalized spacial score (nSPS) is 10.5. The van der Waals surface area contributed by atoms with Crippen molar-refractivity contribution in [3.8, 4) is 17.2 Å². The summed E-state index contributed by atoms with van der Waals surface area (Å²) in [5.74, 6) is 1.86. The van der Waals surface area contributed by atoms with Crippen LogP contribution in [-0.2, 0) is 6.61 Å². The van der Waals surface area contributed by atoms with E-state index in [0.29, 0.717) is 43.4 Å². The van der Waals surface area contributed by atoms with Gasteiger partial charge < -0.3 is 19.1 Å². The molecule has 0 bridgehead atoms. The summed E-state index contributed by atoms with van der Waals surface area (Å²) in [7, 11) is 1.77. The van der Waals surface area contributed by atoms with Crippen molar-refractivity contribution < 1.29 is 19.0 Å². The predicted octanol–water partition coefficient (Wildman–Crippen LogP) is 4.83. The number of amides is 1. The van der Waals surface area contributed by atoms with Crippen LogP contribution in [-0.4, -0.2) is 42.6 Å². The summed E-state index contributed by atoms with van der Waals surface area (Å²) in [5.41, 5.74) is 3.85. The minimum absolute atomic E-state index is 0.101. The van der Waals surface area contributed by atoms with E-state index in [4.69, 9.17) is 14.2 Å². The van der Waals surface area contributed by atoms with Crippen LogP contribution in [0.1, 0.15) is 34.0 Å². The van der Waals surface area contributed by atoms with Gasteiger partial charge in [-0.15, -0.1) is 0 Å². The van der Waals surface area contributed by atoms with Crippen LogP contribution >= 0.6 is 0 Å². The Balaban J connectivity index is 1.61. The van der Waals surface area contributed by atoms with E-state index in [2.05, 4.69) is 11.1 Å². The number of hydrogen-bond donors (Lipinski definition) is 0. The molecule has 1 amide bonds. The monoisotopic (exact) mass is 434 g/mol. The van der Waals surface area contributed by atoms with Crippen molar-refractivity contribution in [2.24, 2.45) is 0 Å². The molecule has 6 heteroatoms. The molecule has 1 heterocycles. The molecular formula is C26H30N2O4. The summed E-state index contributed by atoms with van der Waals surface area (Å²) in [5, 5.41) is 0. The molecule has 3 aromatic rings. The Kier molecular flexibility index (Phi) is 8.08. The number of nitrogens with zero attached hydrogens (tertiary/aromatic N) is 2. The predicted molar refractivity (Wildman–Crippen MR) is 125 cm³/mol. The SMILES string of the molecule is CCOc1cc(C(=O)N(C)CCOc2cc(C)cc(C)c2)ccc1OCc1ccncc1. The molecule has 0 aliphatic carbocycles. The zero-order chi connectivity index (χ0) is 22.9. The standard InChI is InChI=1S/C26H30N2O4/c1-5-30-25-17-22(6-7-24(25)32-18-21-8-10-27-11-9-21)26(29)28(4)12-13-31-23-15-19(2)14-20(3)16-23/h6-11,14-17H,5,12-13,18H2,1-4H3. The number of carbonyl (C=O) groups excluding carboxylic acids is 1. The molecule has 3 rings (SSSR count). The van der Waals surface area contributed by atoms with E-state index in [1.807, 2.05) is 45.0 Å². The number of rotatable bonds is 10. The average Bonchev–Trinajstić information content (AvgIpc) is 2.78. The van der Waals surface area contributed by atoms with Crippen molar-refractivity contribution in [1.82, 2.24) is 9.88 Å². The zero-order valence-corrected chi connectivity index (χ0v) is 19.1. The van der Waals surface area contributed by atoms with E-state index >= 15 is 0 Å². The van der Waals surface area contributed by atoms with Gasteiger partial charge in [-0.3, -0.25) is 9.78 Å². The highest BCUT2D eigenvalue weighted by Gasteiger charge is 2.15. The third-order valence-electron chi connectivity index (χ3n) is 4.87. The summed E-state index contributed by atoms with van der Waals surface area (Å²) in [6.45, 7) is 7.73. The van der Waals surface area contributed by atoms with Crippen molar-refractivity contribution in [1.29, 1.82) is 0 Å². The topological polar surface area (TPSA) is 60.9 Å². The lowest BCUT2D eigenvalue weighted by molar-refractivity contribution is 0.0773. The fraction of sp³-hybridized carbons (Fsp3) is 0.308. The molecule has 0 aliphatic heterocycles. The molecule has 0 saturated heterocycles. The van der Waals surface area contributed by atoms with Gasteiger partial charge in [0, 0.05) is 25.0 Å². The van der Waals surface area contributed by atoms with Crippen LogP contribution < -0.4 is 14.2 Å². The maximum Gasteiger partial charge on any atom is 0.253 e. The van der Waals surface area contributed by atoms with E-state index in [1.165, 1.54) is 0 Å². The maximum atomic E-state index is 12.9. The summed E-state index contributed by atoms with van der Waals surface area (Å²) in [6, 6.07) is 15.1. The number of hydrogen-bond acceptors (Lipinski definition) is 5. The summed E-state index contributed by atoms with van der Waals surface area (Å²) >= 11 is 0. The highest BCUT2D eigenvalue weighted by atomic mass is 16.5. The van der Waals surface area contributed by atoms with Crippen LogP contribution in [0.2, 0.25) is 0 Å². The average molecular weight is 435 g/mol. The number of aromatic nitrogens is 1. The first-order valence-corrected chi connectivity index (χ1v) is 10.7. The fourth-order valence-electron chi connectivity index (χ4n) is 3.31. The second kappa shape index (κ2) is 11.2. The van der Waals surface area contributed by atoms with Gasteiger partial charge in [0.15, 0.2) is 11.5 Å². The van der Waals surface area contributed by atoms with Crippen LogP contribution in [0.5, 0.6) is 17.2 Å². The van der Waals surface area contributed by atoms with Crippen LogP contribution in [0.4, 0.5) is 0 Å². The minimum Gasteiger partial charge on any atom is -0.492 e. The lowest BCUT2D eigenvalue weighted by Gasteiger charge is -2.19. The van der Waals surface area contributed by atoms with E-state index in [9.17, 15) is 4.79 Å². The number of pyridine rings is 1. The van der Waals surface area contributed by atoms with Crippen LogP contribution in [0.25, 0.3) is 0 Å². The fourth-order valence-corrected chi connectivity index (χ4v) is 3.31. The molecule has 0 atom stereocenters. The first kappa shape index (κ1) is 23.1. The van der Waals surface area contributed by atoms with Crippen molar-refractivity contribution in [2.45, 2.75) is 27.4 Å². The Hall–Kier alpha value is -3.54. The number of benzene rings is 2. The Morgan fingerprint density at radius 3 is 2.31 bits per heavy atom. The molecule has 0 aliphatic rings. The summed E-state index contributed by atoms with van der Waals surface area (Å²) in [6.07, 6.45) is 3.45.